The van der Waals surface area contributed by atoms with Crippen molar-refractivity contribution in [3.05, 3.63) is 89.5 Å². The quantitative estimate of drug-likeness (QED) is 0.0896. The summed E-state index contributed by atoms with van der Waals surface area (Å²) in [5, 5.41) is 36.1. The molecule has 5 N–H and O–H groups in total. The molecule has 3 aromatic carbocycles. The Morgan fingerprint density at radius 1 is 0.867 bits per heavy atom. The number of unbranched alkanes of at least 4 members (excludes halogenated alkanes) is 4. The van der Waals surface area contributed by atoms with E-state index >= 15 is 0 Å². The molecule has 0 aliphatic heterocycles. The summed E-state index contributed by atoms with van der Waals surface area (Å²) in [7, 11) is 0. The lowest BCUT2D eigenvalue weighted by atomic mass is 10.1. The van der Waals surface area contributed by atoms with Gasteiger partial charge in [0, 0.05) is 31.3 Å². The van der Waals surface area contributed by atoms with E-state index < -0.39 is 18.1 Å². The van der Waals surface area contributed by atoms with E-state index in [0.29, 0.717) is 55.5 Å². The molecular formula is C34H45N3O8. The number of anilines is 2. The van der Waals surface area contributed by atoms with Gasteiger partial charge in [0.15, 0.2) is 0 Å². The largest absolute Gasteiger partial charge is 0.508 e. The summed E-state index contributed by atoms with van der Waals surface area (Å²) >= 11 is 0. The molecule has 0 radical (unpaired) electrons. The number of para-hydroxylation sites is 1. The van der Waals surface area contributed by atoms with Crippen molar-refractivity contribution in [1.29, 1.82) is 0 Å². The number of urea groups is 1. The number of amides is 2. The molecule has 0 aliphatic rings. The van der Waals surface area contributed by atoms with E-state index in [1.54, 1.807) is 54.6 Å². The average Bonchev–Trinajstić information content (AvgIpc) is 3.04. The number of hydrogen-bond donors (Lipinski definition) is 5. The minimum atomic E-state index is -0.696. The summed E-state index contributed by atoms with van der Waals surface area (Å²) in [6.45, 7) is 4.07. The Hall–Kier alpha value is -4.00. The van der Waals surface area contributed by atoms with E-state index in [4.69, 9.17) is 14.3 Å². The van der Waals surface area contributed by atoms with Crippen LogP contribution in [-0.4, -0.2) is 60.2 Å². The van der Waals surface area contributed by atoms with Crippen LogP contribution in [0.3, 0.4) is 0 Å². The molecule has 0 spiro atoms. The fourth-order valence-corrected chi connectivity index (χ4v) is 4.50. The summed E-state index contributed by atoms with van der Waals surface area (Å²) in [6, 6.07) is 20.1. The van der Waals surface area contributed by atoms with Crippen molar-refractivity contribution < 1.29 is 39.2 Å². The highest BCUT2D eigenvalue weighted by Gasteiger charge is 2.20. The molecule has 0 unspecified atom stereocenters. The van der Waals surface area contributed by atoms with Crippen LogP contribution in [0, 0.1) is 0 Å². The molecule has 244 valence electrons. The van der Waals surface area contributed by atoms with Gasteiger partial charge in [-0.1, -0.05) is 55.7 Å². The van der Waals surface area contributed by atoms with Gasteiger partial charge in [-0.05, 0) is 66.9 Å². The molecule has 0 bridgehead atoms. The number of aromatic hydroxyl groups is 1. The van der Waals surface area contributed by atoms with Gasteiger partial charge in [-0.3, -0.25) is 0 Å². The molecule has 0 aromatic heterocycles. The smallest absolute Gasteiger partial charge is 0.359 e. The van der Waals surface area contributed by atoms with Crippen LogP contribution in [-0.2, 0) is 32.3 Å². The minimum absolute atomic E-state index is 0.0257. The van der Waals surface area contributed by atoms with Crippen LogP contribution in [0.1, 0.15) is 61.8 Å². The Balaban J connectivity index is 1.22. The Labute approximate surface area is 264 Å². The Morgan fingerprint density at radius 2 is 1.62 bits per heavy atom. The number of aliphatic hydroxyl groups excluding tert-OH is 2. The standard InChI is InChI=1S/C34H45N3O8/c1-26(39)45-37(34(42)36-30-12-6-5-7-13-30)31-14-10-11-27(21-31)25-44-20-19-43-18-9-4-2-3-8-17-35-23-33(41)28-15-16-32(40)29(22-28)24-38/h5-7,10-16,21-22,33,35,38,40-41H,2-4,8-9,17-20,23-25H2,1H3,(H,36,42)/t33-/m0/s1. The highest BCUT2D eigenvalue weighted by Crippen LogP contribution is 2.22. The van der Waals surface area contributed by atoms with Gasteiger partial charge in [-0.2, -0.15) is 0 Å². The van der Waals surface area contributed by atoms with E-state index in [2.05, 4.69) is 10.6 Å². The number of aliphatic hydroxyl groups is 2. The molecule has 1 atom stereocenters. The predicted octanol–water partition coefficient (Wildman–Crippen LogP) is 5.21. The highest BCUT2D eigenvalue weighted by molar-refractivity contribution is 6.01. The molecule has 0 saturated carbocycles. The molecule has 3 aromatic rings. The van der Waals surface area contributed by atoms with Crippen molar-refractivity contribution in [1.82, 2.24) is 5.32 Å². The highest BCUT2D eigenvalue weighted by atomic mass is 16.7. The first-order chi connectivity index (χ1) is 21.9. The summed E-state index contributed by atoms with van der Waals surface area (Å²) in [5.74, 6) is -0.593. The number of nitrogens with zero attached hydrogens (tertiary/aromatic N) is 1. The lowest BCUT2D eigenvalue weighted by Gasteiger charge is -2.21. The lowest BCUT2D eigenvalue weighted by molar-refractivity contribution is -0.141. The third-order valence-electron chi connectivity index (χ3n) is 6.85. The Morgan fingerprint density at radius 3 is 2.40 bits per heavy atom. The van der Waals surface area contributed by atoms with Crippen molar-refractivity contribution in [2.45, 2.75) is 58.3 Å². The summed E-state index contributed by atoms with van der Waals surface area (Å²) in [6.07, 6.45) is 4.55. The zero-order valence-electron chi connectivity index (χ0n) is 25.8. The molecule has 0 saturated heterocycles. The Bertz CT molecular complexity index is 1310. The first-order valence-electron chi connectivity index (χ1n) is 15.3. The van der Waals surface area contributed by atoms with Crippen molar-refractivity contribution >= 4 is 23.4 Å². The van der Waals surface area contributed by atoms with Gasteiger partial charge in [0.1, 0.15) is 5.75 Å². The second kappa shape index (κ2) is 20.1. The SMILES string of the molecule is CC(=O)ON(C(=O)Nc1ccccc1)c1cccc(COCCOCCCCCCCNC[C@H](O)c2ccc(O)c(CO)c2)c1. The monoisotopic (exact) mass is 623 g/mol. The van der Waals surface area contributed by atoms with Gasteiger partial charge in [-0.25, -0.2) is 9.59 Å². The fraction of sp³-hybridized carbons (Fsp3) is 0.412. The van der Waals surface area contributed by atoms with Crippen LogP contribution in [0.25, 0.3) is 0 Å². The normalized spacial score (nSPS) is 11.6. The van der Waals surface area contributed by atoms with Gasteiger partial charge in [0.25, 0.3) is 0 Å². The van der Waals surface area contributed by atoms with E-state index in [0.717, 1.165) is 49.3 Å². The summed E-state index contributed by atoms with van der Waals surface area (Å²) in [5.41, 5.74) is 2.86. The van der Waals surface area contributed by atoms with Crippen LogP contribution in [0.4, 0.5) is 16.2 Å². The second-order valence-corrected chi connectivity index (χ2v) is 10.5. The maximum Gasteiger partial charge on any atom is 0.359 e. The second-order valence-electron chi connectivity index (χ2n) is 10.5. The molecule has 0 heterocycles. The minimum Gasteiger partial charge on any atom is -0.508 e. The average molecular weight is 624 g/mol. The van der Waals surface area contributed by atoms with E-state index in [-0.39, 0.29) is 12.4 Å². The number of benzene rings is 3. The number of carbonyl (C=O) groups is 2. The van der Waals surface area contributed by atoms with Crippen LogP contribution in [0.5, 0.6) is 5.75 Å². The number of nitrogens with one attached hydrogen (secondary N) is 2. The molecule has 11 heteroatoms. The molecule has 0 aliphatic carbocycles. The van der Waals surface area contributed by atoms with Crippen molar-refractivity contribution in [3.63, 3.8) is 0 Å². The topological polar surface area (TPSA) is 150 Å². The van der Waals surface area contributed by atoms with Crippen LogP contribution < -0.4 is 15.7 Å². The van der Waals surface area contributed by atoms with E-state index in [9.17, 15) is 24.9 Å². The number of rotatable bonds is 19. The van der Waals surface area contributed by atoms with Crippen LogP contribution in [0.2, 0.25) is 0 Å². The zero-order valence-corrected chi connectivity index (χ0v) is 25.8. The molecule has 11 nitrogen and oxygen atoms in total. The summed E-state index contributed by atoms with van der Waals surface area (Å²) in [4.78, 5) is 29.6. The van der Waals surface area contributed by atoms with Gasteiger partial charge >= 0.3 is 12.0 Å². The summed E-state index contributed by atoms with van der Waals surface area (Å²) < 4.78 is 11.4. The first-order valence-corrected chi connectivity index (χ1v) is 15.3. The zero-order chi connectivity index (χ0) is 32.3. The molecule has 3 rings (SSSR count). The maximum absolute atomic E-state index is 12.8. The van der Waals surface area contributed by atoms with E-state index in [1.807, 2.05) is 12.1 Å². The lowest BCUT2D eigenvalue weighted by Crippen LogP contribution is -2.36. The van der Waals surface area contributed by atoms with Crippen LogP contribution in [0.15, 0.2) is 72.8 Å². The van der Waals surface area contributed by atoms with Gasteiger partial charge in [0.2, 0.25) is 0 Å². The van der Waals surface area contributed by atoms with Crippen molar-refractivity contribution in [3.8, 4) is 5.75 Å². The third-order valence-corrected chi connectivity index (χ3v) is 6.85. The molecule has 0 fully saturated rings. The number of hydrogen-bond acceptors (Lipinski definition) is 9. The van der Waals surface area contributed by atoms with Gasteiger partial charge in [0.05, 0.1) is 38.2 Å². The van der Waals surface area contributed by atoms with Gasteiger partial charge in [-0.15, -0.1) is 5.06 Å². The fourth-order valence-electron chi connectivity index (χ4n) is 4.50. The number of phenols is 1. The third kappa shape index (κ3) is 13.3. The number of ether oxygens (including phenoxy) is 2. The van der Waals surface area contributed by atoms with Gasteiger partial charge < -0.3 is 40.3 Å². The van der Waals surface area contributed by atoms with Crippen molar-refractivity contribution in [2.75, 3.05) is 43.3 Å². The maximum atomic E-state index is 12.8. The number of carbonyl (C=O) groups excluding carboxylic acids is 2. The predicted molar refractivity (Wildman–Crippen MR) is 172 cm³/mol. The molecular weight excluding hydrogens is 578 g/mol. The first kappa shape index (κ1) is 35.5. The van der Waals surface area contributed by atoms with Crippen LogP contribution >= 0.6 is 0 Å². The Kier molecular flexibility index (Phi) is 15.9. The molecule has 45 heavy (non-hydrogen) atoms. The molecule has 2 amide bonds. The van der Waals surface area contributed by atoms with E-state index in [1.165, 1.54) is 13.0 Å². The van der Waals surface area contributed by atoms with Crippen molar-refractivity contribution in [2.24, 2.45) is 0 Å². The number of hydroxylamine groups is 1.